The van der Waals surface area contributed by atoms with Gasteiger partial charge < -0.3 is 10.0 Å². The van der Waals surface area contributed by atoms with Gasteiger partial charge in [0.05, 0.1) is 0 Å². The fraction of sp³-hybridized carbons (Fsp3) is 0.571. The number of hydrogen-bond donors (Lipinski definition) is 1. The molecular formula is C21H25FN2O3. The van der Waals surface area contributed by atoms with Gasteiger partial charge >= 0.3 is 5.97 Å². The van der Waals surface area contributed by atoms with Crippen LogP contribution < -0.4 is 0 Å². The number of fused-ring (bicyclic) bond motifs is 1. The van der Waals surface area contributed by atoms with E-state index in [1.165, 1.54) is 6.07 Å². The summed E-state index contributed by atoms with van der Waals surface area (Å²) in [5.74, 6) is -0.511. The van der Waals surface area contributed by atoms with E-state index in [1.807, 2.05) is 4.90 Å². The number of piperidine rings is 1. The Morgan fingerprint density at radius 1 is 1.22 bits per heavy atom. The van der Waals surface area contributed by atoms with E-state index in [4.69, 9.17) is 0 Å². The Morgan fingerprint density at radius 3 is 2.78 bits per heavy atom. The van der Waals surface area contributed by atoms with Crippen LogP contribution in [0.1, 0.15) is 43.2 Å². The highest BCUT2D eigenvalue weighted by atomic mass is 19.1. The number of benzene rings is 1. The number of aliphatic imine (C=N–C) groups is 1. The number of carboxylic acids is 1. The predicted molar refractivity (Wildman–Crippen MR) is 99.3 cm³/mol. The van der Waals surface area contributed by atoms with Crippen LogP contribution in [0, 0.1) is 23.6 Å². The van der Waals surface area contributed by atoms with Crippen molar-refractivity contribution in [3.8, 4) is 0 Å². The Hall–Kier alpha value is -2.24. The maximum absolute atomic E-state index is 13.6. The van der Waals surface area contributed by atoms with E-state index in [1.54, 1.807) is 12.1 Å². The number of halogens is 1. The van der Waals surface area contributed by atoms with Crippen molar-refractivity contribution in [1.82, 2.24) is 4.90 Å². The summed E-state index contributed by atoms with van der Waals surface area (Å²) in [5, 5.41) is 9.30. The van der Waals surface area contributed by atoms with E-state index in [9.17, 15) is 19.1 Å². The minimum Gasteiger partial charge on any atom is -0.481 e. The Balaban J connectivity index is 1.53. The van der Waals surface area contributed by atoms with Crippen LogP contribution in [-0.2, 0) is 16.0 Å². The minimum absolute atomic E-state index is 0.0410. The summed E-state index contributed by atoms with van der Waals surface area (Å²) in [6, 6.07) is 4.81. The highest BCUT2D eigenvalue weighted by Crippen LogP contribution is 2.36. The van der Waals surface area contributed by atoms with Crippen LogP contribution in [0.4, 0.5) is 4.39 Å². The highest BCUT2D eigenvalue weighted by molar-refractivity contribution is 6.02. The van der Waals surface area contributed by atoms with Crippen LogP contribution in [-0.4, -0.2) is 47.2 Å². The van der Waals surface area contributed by atoms with Gasteiger partial charge in [-0.2, -0.15) is 0 Å². The van der Waals surface area contributed by atoms with Crippen LogP contribution in [0.2, 0.25) is 0 Å². The number of amides is 1. The molecule has 2 aliphatic heterocycles. The van der Waals surface area contributed by atoms with Gasteiger partial charge in [0.2, 0.25) is 5.91 Å². The third-order valence-electron chi connectivity index (χ3n) is 6.08. The summed E-state index contributed by atoms with van der Waals surface area (Å²) in [6.45, 7) is 1.88. The molecule has 27 heavy (non-hydrogen) atoms. The molecule has 144 valence electrons. The maximum atomic E-state index is 13.6. The molecule has 5 nitrogen and oxygen atoms in total. The zero-order valence-corrected chi connectivity index (χ0v) is 15.4. The number of nitrogens with zero attached hydrogens (tertiary/aromatic N) is 2. The van der Waals surface area contributed by atoms with Crippen molar-refractivity contribution in [3.05, 3.63) is 35.1 Å². The molecule has 1 aliphatic carbocycles. The van der Waals surface area contributed by atoms with E-state index in [-0.39, 0.29) is 35.9 Å². The zero-order chi connectivity index (χ0) is 19.0. The topological polar surface area (TPSA) is 70.0 Å². The largest absolute Gasteiger partial charge is 0.481 e. The van der Waals surface area contributed by atoms with Crippen LogP contribution in [0.3, 0.4) is 0 Å². The van der Waals surface area contributed by atoms with Crippen LogP contribution in [0.5, 0.6) is 0 Å². The molecule has 6 heteroatoms. The quantitative estimate of drug-likeness (QED) is 0.864. The number of aliphatic carboxylic acids is 1. The fourth-order valence-electron chi connectivity index (χ4n) is 4.46. The van der Waals surface area contributed by atoms with E-state index in [2.05, 4.69) is 4.99 Å². The summed E-state index contributed by atoms with van der Waals surface area (Å²) in [7, 11) is 0. The van der Waals surface area contributed by atoms with Crippen LogP contribution in [0.15, 0.2) is 23.2 Å². The summed E-state index contributed by atoms with van der Waals surface area (Å²) >= 11 is 0. The van der Waals surface area contributed by atoms with Crippen molar-refractivity contribution in [2.45, 2.75) is 38.5 Å². The van der Waals surface area contributed by atoms with Crippen molar-refractivity contribution >= 4 is 17.6 Å². The first-order chi connectivity index (χ1) is 13.0. The first-order valence-corrected chi connectivity index (χ1v) is 9.84. The van der Waals surface area contributed by atoms with Crippen molar-refractivity contribution < 1.29 is 19.1 Å². The van der Waals surface area contributed by atoms with Gasteiger partial charge in [-0.05, 0) is 73.3 Å². The molecule has 1 amide bonds. The normalized spacial score (nSPS) is 24.9. The first kappa shape index (κ1) is 18.1. The number of carbonyl (C=O) groups is 2. The van der Waals surface area contributed by atoms with Crippen LogP contribution in [0.25, 0.3) is 0 Å². The lowest BCUT2D eigenvalue weighted by Crippen LogP contribution is -2.45. The average molecular weight is 372 g/mol. The lowest BCUT2D eigenvalue weighted by Gasteiger charge is -2.39. The van der Waals surface area contributed by atoms with Gasteiger partial charge in [0.15, 0.2) is 0 Å². The molecule has 2 atom stereocenters. The van der Waals surface area contributed by atoms with Gasteiger partial charge in [-0.25, -0.2) is 4.39 Å². The Labute approximate surface area is 158 Å². The summed E-state index contributed by atoms with van der Waals surface area (Å²) in [6.07, 6.45) is 4.17. The highest BCUT2D eigenvalue weighted by Gasteiger charge is 2.39. The monoisotopic (exact) mass is 372 g/mol. The molecule has 1 aromatic carbocycles. The zero-order valence-electron chi connectivity index (χ0n) is 15.4. The van der Waals surface area contributed by atoms with Gasteiger partial charge in [0.25, 0.3) is 0 Å². The Morgan fingerprint density at radius 2 is 2.04 bits per heavy atom. The first-order valence-electron chi connectivity index (χ1n) is 9.84. The standard InChI is InChI=1S/C21H25FN2O3/c22-17-3-4-18-15(9-17)5-7-23-19(18)10-16-12-24(21(27)13-1-2-13)8-6-14(16)11-20(25)26/h3-4,9,13-14,16H,1-2,5-8,10-12H2,(H,25,26)/t14-,16-/m0/s1. The number of carboxylic acid groups (broad SMARTS) is 1. The fourth-order valence-corrected chi connectivity index (χ4v) is 4.46. The molecule has 0 aromatic heterocycles. The second kappa shape index (κ2) is 7.41. The van der Waals surface area contributed by atoms with Crippen molar-refractivity contribution in [1.29, 1.82) is 0 Å². The molecule has 0 unspecified atom stereocenters. The predicted octanol–water partition coefficient (Wildman–Crippen LogP) is 2.91. The van der Waals surface area contributed by atoms with Gasteiger partial charge in [-0.1, -0.05) is 0 Å². The number of likely N-dealkylation sites (tertiary alicyclic amines) is 1. The molecular weight excluding hydrogens is 347 g/mol. The number of hydrogen-bond acceptors (Lipinski definition) is 3. The van der Waals surface area contributed by atoms with E-state index in [0.29, 0.717) is 26.1 Å². The molecule has 1 saturated heterocycles. The molecule has 0 bridgehead atoms. The third kappa shape index (κ3) is 4.04. The molecule has 3 aliphatic rings. The van der Waals surface area contributed by atoms with Gasteiger partial charge in [0, 0.05) is 37.7 Å². The summed E-state index contributed by atoms with van der Waals surface area (Å²) in [5.41, 5.74) is 2.87. The van der Waals surface area contributed by atoms with E-state index < -0.39 is 5.97 Å². The summed E-state index contributed by atoms with van der Waals surface area (Å²) < 4.78 is 13.6. The average Bonchev–Trinajstić information content (AvgIpc) is 3.47. The number of carbonyl (C=O) groups excluding carboxylic acids is 1. The smallest absolute Gasteiger partial charge is 0.303 e. The SMILES string of the molecule is O=C(O)C[C@@H]1CCN(C(=O)C2CC2)C[C@@H]1CC1=NCCc2cc(F)ccc21. The summed E-state index contributed by atoms with van der Waals surface area (Å²) in [4.78, 5) is 30.4. The molecule has 0 spiro atoms. The second-order valence-electron chi connectivity index (χ2n) is 8.05. The molecule has 0 radical (unpaired) electrons. The van der Waals surface area contributed by atoms with Crippen molar-refractivity contribution in [2.75, 3.05) is 19.6 Å². The lowest BCUT2D eigenvalue weighted by molar-refractivity contribution is -0.140. The Kier molecular flexibility index (Phi) is 4.98. The van der Waals surface area contributed by atoms with Crippen LogP contribution >= 0.6 is 0 Å². The molecule has 1 aromatic rings. The molecule has 4 rings (SSSR count). The second-order valence-corrected chi connectivity index (χ2v) is 8.05. The number of rotatable bonds is 5. The van der Waals surface area contributed by atoms with E-state index >= 15 is 0 Å². The molecule has 2 fully saturated rings. The van der Waals surface area contributed by atoms with Crippen molar-refractivity contribution in [3.63, 3.8) is 0 Å². The molecule has 1 saturated carbocycles. The Bertz CT molecular complexity index is 788. The molecule has 1 N–H and O–H groups in total. The minimum atomic E-state index is -0.792. The lowest BCUT2D eigenvalue weighted by atomic mass is 9.78. The van der Waals surface area contributed by atoms with Gasteiger partial charge in [-0.3, -0.25) is 14.6 Å². The molecule has 2 heterocycles. The van der Waals surface area contributed by atoms with Crippen molar-refractivity contribution in [2.24, 2.45) is 22.7 Å². The van der Waals surface area contributed by atoms with Gasteiger partial charge in [-0.15, -0.1) is 0 Å². The maximum Gasteiger partial charge on any atom is 0.303 e. The third-order valence-corrected chi connectivity index (χ3v) is 6.08. The van der Waals surface area contributed by atoms with Gasteiger partial charge in [0.1, 0.15) is 5.82 Å². The van der Waals surface area contributed by atoms with E-state index in [0.717, 1.165) is 42.5 Å².